The van der Waals surface area contributed by atoms with Crippen LogP contribution in [0.4, 0.5) is 5.69 Å². The molecule has 1 fully saturated rings. The largest absolute Gasteiger partial charge is 0.338 e. The Labute approximate surface area is 171 Å². The Morgan fingerprint density at radius 3 is 2.68 bits per heavy atom. The van der Waals surface area contributed by atoms with Gasteiger partial charge in [-0.15, -0.1) is 0 Å². The molecule has 0 aromatic heterocycles. The SMILES string of the molecule is Cc1cccc(NS(=O)(=O)c2cc(C(=O)N3CCC[C@@H](C)C3)ccc2Cl)c1C. The Morgan fingerprint density at radius 1 is 1.21 bits per heavy atom. The molecule has 2 aromatic rings. The maximum Gasteiger partial charge on any atom is 0.263 e. The molecule has 0 aliphatic carbocycles. The summed E-state index contributed by atoms with van der Waals surface area (Å²) in [5.74, 6) is 0.283. The minimum absolute atomic E-state index is 0.0846. The van der Waals surface area contributed by atoms with Gasteiger partial charge in [-0.25, -0.2) is 8.42 Å². The standard InChI is InChI=1S/C21H25ClN2O3S/c1-14-6-5-11-24(13-14)21(25)17-9-10-18(22)20(12-17)28(26,27)23-19-8-4-7-15(2)16(19)3/h4,7-10,12,14,23H,5-6,11,13H2,1-3H3/t14-/m1/s1. The third kappa shape index (κ3) is 4.33. The van der Waals surface area contributed by atoms with Crippen molar-refractivity contribution in [1.29, 1.82) is 0 Å². The summed E-state index contributed by atoms with van der Waals surface area (Å²) in [6.07, 6.45) is 2.06. The van der Waals surface area contributed by atoms with E-state index < -0.39 is 10.0 Å². The van der Waals surface area contributed by atoms with E-state index in [1.54, 1.807) is 23.1 Å². The number of nitrogens with one attached hydrogen (secondary N) is 1. The van der Waals surface area contributed by atoms with Crippen molar-refractivity contribution in [2.45, 2.75) is 38.5 Å². The fourth-order valence-corrected chi connectivity index (χ4v) is 5.11. The maximum absolute atomic E-state index is 13.0. The van der Waals surface area contributed by atoms with Crippen LogP contribution in [0.1, 0.15) is 41.3 Å². The quantitative estimate of drug-likeness (QED) is 0.784. The number of carbonyl (C=O) groups excluding carboxylic acids is 1. The molecule has 0 unspecified atom stereocenters. The number of piperidine rings is 1. The molecule has 3 rings (SSSR count). The van der Waals surface area contributed by atoms with Gasteiger partial charge in [0.1, 0.15) is 4.90 Å². The first kappa shape index (κ1) is 20.7. The topological polar surface area (TPSA) is 66.5 Å². The summed E-state index contributed by atoms with van der Waals surface area (Å²) < 4.78 is 28.5. The third-order valence-electron chi connectivity index (χ3n) is 5.26. The molecule has 2 aromatic carbocycles. The summed E-state index contributed by atoms with van der Waals surface area (Å²) in [6.45, 7) is 7.26. The summed E-state index contributed by atoms with van der Waals surface area (Å²) >= 11 is 6.19. The Balaban J connectivity index is 1.92. The van der Waals surface area contributed by atoms with Crippen LogP contribution in [0.15, 0.2) is 41.3 Å². The van der Waals surface area contributed by atoms with Gasteiger partial charge in [-0.2, -0.15) is 0 Å². The van der Waals surface area contributed by atoms with Crippen LogP contribution in [0, 0.1) is 19.8 Å². The van der Waals surface area contributed by atoms with Crippen LogP contribution in [-0.2, 0) is 10.0 Å². The first-order chi connectivity index (χ1) is 13.2. The van der Waals surface area contributed by atoms with Crippen molar-refractivity contribution in [2.75, 3.05) is 17.8 Å². The summed E-state index contributed by atoms with van der Waals surface area (Å²) in [7, 11) is -3.93. The molecular weight excluding hydrogens is 396 g/mol. The van der Waals surface area contributed by atoms with Crippen LogP contribution in [0.2, 0.25) is 5.02 Å². The highest BCUT2D eigenvalue weighted by molar-refractivity contribution is 7.92. The molecule has 1 saturated heterocycles. The molecule has 150 valence electrons. The number of anilines is 1. The van der Waals surface area contributed by atoms with Crippen molar-refractivity contribution in [3.8, 4) is 0 Å². The van der Waals surface area contributed by atoms with Gasteiger partial charge in [0, 0.05) is 18.7 Å². The molecule has 7 heteroatoms. The lowest BCUT2D eigenvalue weighted by Gasteiger charge is -2.31. The molecule has 1 heterocycles. The number of aryl methyl sites for hydroxylation is 1. The van der Waals surface area contributed by atoms with Crippen LogP contribution in [0.3, 0.4) is 0 Å². The van der Waals surface area contributed by atoms with E-state index in [-0.39, 0.29) is 15.8 Å². The summed E-state index contributed by atoms with van der Waals surface area (Å²) in [5, 5.41) is 0.0846. The van der Waals surface area contributed by atoms with Gasteiger partial charge in [0.15, 0.2) is 0 Å². The van der Waals surface area contributed by atoms with Gasteiger partial charge in [0.25, 0.3) is 15.9 Å². The number of halogens is 1. The van der Waals surface area contributed by atoms with Gasteiger partial charge in [-0.05, 0) is 68.0 Å². The van der Waals surface area contributed by atoms with Crippen LogP contribution in [0.5, 0.6) is 0 Å². The predicted molar refractivity (Wildman–Crippen MR) is 112 cm³/mol. The molecule has 1 atom stereocenters. The van der Waals surface area contributed by atoms with Crippen molar-refractivity contribution in [3.63, 3.8) is 0 Å². The zero-order valence-electron chi connectivity index (χ0n) is 16.3. The molecule has 5 nitrogen and oxygen atoms in total. The molecule has 0 saturated carbocycles. The first-order valence-corrected chi connectivity index (χ1v) is 11.2. The Kier molecular flexibility index (Phi) is 6.01. The van der Waals surface area contributed by atoms with Crippen LogP contribution in [-0.4, -0.2) is 32.3 Å². The number of likely N-dealkylation sites (tertiary alicyclic amines) is 1. The van der Waals surface area contributed by atoms with Crippen molar-refractivity contribution >= 4 is 33.2 Å². The van der Waals surface area contributed by atoms with E-state index in [1.165, 1.54) is 12.1 Å². The van der Waals surface area contributed by atoms with Crippen molar-refractivity contribution < 1.29 is 13.2 Å². The molecular formula is C21H25ClN2O3S. The molecule has 1 aliphatic rings. The smallest absolute Gasteiger partial charge is 0.263 e. The monoisotopic (exact) mass is 420 g/mol. The number of sulfonamides is 1. The minimum Gasteiger partial charge on any atom is -0.338 e. The van der Waals surface area contributed by atoms with Crippen molar-refractivity contribution in [2.24, 2.45) is 5.92 Å². The fourth-order valence-electron chi connectivity index (χ4n) is 3.46. The highest BCUT2D eigenvalue weighted by Crippen LogP contribution is 2.28. The van der Waals surface area contributed by atoms with E-state index >= 15 is 0 Å². The maximum atomic E-state index is 13.0. The van der Waals surface area contributed by atoms with Crippen molar-refractivity contribution in [3.05, 3.63) is 58.1 Å². The van der Waals surface area contributed by atoms with Crippen LogP contribution in [0.25, 0.3) is 0 Å². The number of nitrogens with zero attached hydrogens (tertiary/aromatic N) is 1. The normalized spacial score (nSPS) is 17.4. The molecule has 0 radical (unpaired) electrons. The van der Waals surface area contributed by atoms with Gasteiger partial charge < -0.3 is 4.90 Å². The average molecular weight is 421 g/mol. The molecule has 1 N–H and O–H groups in total. The van der Waals surface area contributed by atoms with Gasteiger partial charge in [-0.3, -0.25) is 9.52 Å². The number of amides is 1. The fraction of sp³-hybridized carbons (Fsp3) is 0.381. The third-order valence-corrected chi connectivity index (χ3v) is 7.11. The second-order valence-electron chi connectivity index (χ2n) is 7.50. The van der Waals surface area contributed by atoms with E-state index in [2.05, 4.69) is 11.6 Å². The molecule has 28 heavy (non-hydrogen) atoms. The summed E-state index contributed by atoms with van der Waals surface area (Å²) in [6, 6.07) is 9.84. The second kappa shape index (κ2) is 8.13. The van der Waals surface area contributed by atoms with Crippen LogP contribution >= 0.6 is 11.6 Å². The Hall–Kier alpha value is -2.05. The van der Waals surface area contributed by atoms with Gasteiger partial charge in [-0.1, -0.05) is 30.7 Å². The van der Waals surface area contributed by atoms with Crippen molar-refractivity contribution in [1.82, 2.24) is 4.90 Å². The van der Waals surface area contributed by atoms with E-state index in [0.717, 1.165) is 24.0 Å². The second-order valence-corrected chi connectivity index (χ2v) is 9.55. The highest BCUT2D eigenvalue weighted by Gasteiger charge is 2.25. The lowest BCUT2D eigenvalue weighted by atomic mass is 9.99. The zero-order valence-corrected chi connectivity index (χ0v) is 17.9. The molecule has 1 amide bonds. The lowest BCUT2D eigenvalue weighted by Crippen LogP contribution is -2.39. The molecule has 1 aliphatic heterocycles. The number of hydrogen-bond donors (Lipinski definition) is 1. The predicted octanol–water partition coefficient (Wildman–Crippen LogP) is 4.63. The Morgan fingerprint density at radius 2 is 1.96 bits per heavy atom. The number of carbonyl (C=O) groups is 1. The van der Waals surface area contributed by atoms with E-state index in [1.807, 2.05) is 19.9 Å². The van der Waals surface area contributed by atoms with E-state index in [9.17, 15) is 13.2 Å². The minimum atomic E-state index is -3.93. The number of benzene rings is 2. The van der Waals surface area contributed by atoms with Gasteiger partial charge in [0.05, 0.1) is 10.7 Å². The number of rotatable bonds is 4. The van der Waals surface area contributed by atoms with Crippen LogP contribution < -0.4 is 4.72 Å². The van der Waals surface area contributed by atoms with E-state index in [0.29, 0.717) is 30.3 Å². The summed E-state index contributed by atoms with van der Waals surface area (Å²) in [5.41, 5.74) is 2.66. The zero-order chi connectivity index (χ0) is 20.5. The van der Waals surface area contributed by atoms with Gasteiger partial charge in [0.2, 0.25) is 0 Å². The highest BCUT2D eigenvalue weighted by atomic mass is 35.5. The molecule has 0 spiro atoms. The first-order valence-electron chi connectivity index (χ1n) is 9.37. The van der Waals surface area contributed by atoms with E-state index in [4.69, 9.17) is 11.6 Å². The average Bonchev–Trinajstić information content (AvgIpc) is 2.65. The van der Waals surface area contributed by atoms with Gasteiger partial charge >= 0.3 is 0 Å². The number of hydrogen-bond acceptors (Lipinski definition) is 3. The Bertz CT molecular complexity index is 1000. The molecule has 0 bridgehead atoms. The lowest BCUT2D eigenvalue weighted by molar-refractivity contribution is 0.0683. The summed E-state index contributed by atoms with van der Waals surface area (Å²) in [4.78, 5) is 14.6.